The van der Waals surface area contributed by atoms with Crippen molar-refractivity contribution in [1.82, 2.24) is 20.2 Å². The molecule has 1 saturated heterocycles. The van der Waals surface area contributed by atoms with Crippen molar-refractivity contribution < 1.29 is 4.79 Å². The summed E-state index contributed by atoms with van der Waals surface area (Å²) in [6.07, 6.45) is 9.17. The van der Waals surface area contributed by atoms with Gasteiger partial charge in [0.05, 0.1) is 6.33 Å². The summed E-state index contributed by atoms with van der Waals surface area (Å²) in [6.45, 7) is 4.06. The van der Waals surface area contributed by atoms with Crippen molar-refractivity contribution in [3.63, 3.8) is 0 Å². The number of benzene rings is 1. The highest BCUT2D eigenvalue weighted by Crippen LogP contribution is 2.23. The Bertz CT molecular complexity index is 635. The van der Waals surface area contributed by atoms with E-state index in [0.717, 1.165) is 19.6 Å². The molecule has 0 unspecified atom stereocenters. The summed E-state index contributed by atoms with van der Waals surface area (Å²) in [5.74, 6) is 0. The Hall–Kier alpha value is -2.50. The summed E-state index contributed by atoms with van der Waals surface area (Å²) >= 11 is 0. The number of carbonyl (C=O) groups excluding carboxylic acids is 1. The van der Waals surface area contributed by atoms with Gasteiger partial charge in [0.1, 0.15) is 0 Å². The fourth-order valence-electron chi connectivity index (χ4n) is 3.06. The van der Waals surface area contributed by atoms with Crippen molar-refractivity contribution in [3.05, 3.63) is 48.5 Å². The normalized spacial score (nSPS) is 14.4. The standard InChI is InChI=1S/C18H25N5O/c24-18(20-9-13-22-12-8-19-15-22)21-14-16-6-2-3-7-17(16)23-10-4-1-5-11-23/h2-3,6-8,12,15H,1,4-5,9-11,13-14H2,(H2,20,21,24). The first-order valence-corrected chi connectivity index (χ1v) is 8.63. The Balaban J connectivity index is 1.48. The van der Waals surface area contributed by atoms with E-state index in [1.807, 2.05) is 16.8 Å². The topological polar surface area (TPSA) is 62.2 Å². The average molecular weight is 327 g/mol. The second-order valence-electron chi connectivity index (χ2n) is 6.09. The fourth-order valence-corrected chi connectivity index (χ4v) is 3.06. The van der Waals surface area contributed by atoms with Crippen molar-refractivity contribution in [2.24, 2.45) is 0 Å². The van der Waals surface area contributed by atoms with Crippen LogP contribution in [0.15, 0.2) is 43.0 Å². The minimum Gasteiger partial charge on any atom is -0.371 e. The van der Waals surface area contributed by atoms with E-state index in [4.69, 9.17) is 0 Å². The van der Waals surface area contributed by atoms with Gasteiger partial charge < -0.3 is 20.1 Å². The van der Waals surface area contributed by atoms with Gasteiger partial charge >= 0.3 is 6.03 Å². The number of para-hydroxylation sites is 1. The molecule has 2 amide bonds. The van der Waals surface area contributed by atoms with Crippen LogP contribution in [-0.2, 0) is 13.1 Å². The van der Waals surface area contributed by atoms with Crippen LogP contribution in [0.5, 0.6) is 0 Å². The molecular weight excluding hydrogens is 302 g/mol. The number of urea groups is 1. The first-order valence-electron chi connectivity index (χ1n) is 8.63. The van der Waals surface area contributed by atoms with Gasteiger partial charge in [0.2, 0.25) is 0 Å². The molecule has 6 heteroatoms. The summed E-state index contributed by atoms with van der Waals surface area (Å²) in [4.78, 5) is 18.4. The van der Waals surface area contributed by atoms with Gasteiger partial charge in [-0.1, -0.05) is 18.2 Å². The lowest BCUT2D eigenvalue weighted by Crippen LogP contribution is -2.37. The minimum atomic E-state index is -0.136. The minimum absolute atomic E-state index is 0.136. The Morgan fingerprint density at radius 1 is 1.12 bits per heavy atom. The first-order chi connectivity index (χ1) is 11.8. The van der Waals surface area contributed by atoms with Crippen LogP contribution in [0.25, 0.3) is 0 Å². The number of amides is 2. The zero-order valence-electron chi connectivity index (χ0n) is 13.9. The molecule has 24 heavy (non-hydrogen) atoms. The van der Waals surface area contributed by atoms with E-state index >= 15 is 0 Å². The Morgan fingerprint density at radius 3 is 2.75 bits per heavy atom. The fraction of sp³-hybridized carbons (Fsp3) is 0.444. The van der Waals surface area contributed by atoms with Crippen LogP contribution in [0.2, 0.25) is 0 Å². The third kappa shape index (κ3) is 4.50. The number of carbonyl (C=O) groups is 1. The molecule has 2 heterocycles. The lowest BCUT2D eigenvalue weighted by molar-refractivity contribution is 0.240. The van der Waals surface area contributed by atoms with Gasteiger partial charge in [-0.2, -0.15) is 0 Å². The van der Waals surface area contributed by atoms with Crippen molar-refractivity contribution >= 4 is 11.7 Å². The predicted molar refractivity (Wildman–Crippen MR) is 95.0 cm³/mol. The Morgan fingerprint density at radius 2 is 1.96 bits per heavy atom. The molecule has 0 saturated carbocycles. The molecule has 3 rings (SSSR count). The molecule has 0 atom stereocenters. The van der Waals surface area contributed by atoms with E-state index in [-0.39, 0.29) is 6.03 Å². The molecule has 0 aliphatic carbocycles. The number of hydrogen-bond donors (Lipinski definition) is 2. The number of nitrogens with one attached hydrogen (secondary N) is 2. The number of piperidine rings is 1. The monoisotopic (exact) mass is 327 g/mol. The predicted octanol–water partition coefficient (Wildman–Crippen LogP) is 2.37. The number of aromatic nitrogens is 2. The molecule has 2 aromatic rings. The molecule has 1 aliphatic rings. The van der Waals surface area contributed by atoms with Crippen LogP contribution in [0.1, 0.15) is 24.8 Å². The molecule has 1 fully saturated rings. The van der Waals surface area contributed by atoms with Gasteiger partial charge in [-0.05, 0) is 30.9 Å². The second kappa shape index (κ2) is 8.38. The molecule has 1 aliphatic heterocycles. The number of rotatable bonds is 6. The highest BCUT2D eigenvalue weighted by atomic mass is 16.2. The van der Waals surface area contributed by atoms with Gasteiger partial charge in [0.15, 0.2) is 0 Å². The summed E-state index contributed by atoms with van der Waals surface area (Å²) in [6, 6.07) is 8.21. The van der Waals surface area contributed by atoms with Crippen molar-refractivity contribution in [2.75, 3.05) is 24.5 Å². The van der Waals surface area contributed by atoms with Crippen molar-refractivity contribution in [2.45, 2.75) is 32.4 Å². The second-order valence-corrected chi connectivity index (χ2v) is 6.09. The molecule has 0 radical (unpaired) electrons. The number of anilines is 1. The van der Waals surface area contributed by atoms with E-state index in [0.29, 0.717) is 13.1 Å². The lowest BCUT2D eigenvalue weighted by atomic mass is 10.1. The van der Waals surface area contributed by atoms with Crippen LogP contribution in [0.4, 0.5) is 10.5 Å². The molecule has 6 nitrogen and oxygen atoms in total. The quantitative estimate of drug-likeness (QED) is 0.856. The van der Waals surface area contributed by atoms with Crippen LogP contribution >= 0.6 is 0 Å². The van der Waals surface area contributed by atoms with E-state index in [1.165, 1.54) is 30.5 Å². The lowest BCUT2D eigenvalue weighted by Gasteiger charge is -2.30. The number of hydrogen-bond acceptors (Lipinski definition) is 3. The molecule has 2 N–H and O–H groups in total. The van der Waals surface area contributed by atoms with Crippen molar-refractivity contribution in [3.8, 4) is 0 Å². The maximum absolute atomic E-state index is 12.0. The zero-order chi connectivity index (χ0) is 16.6. The van der Waals surface area contributed by atoms with E-state index in [1.54, 1.807) is 12.5 Å². The van der Waals surface area contributed by atoms with Crippen LogP contribution in [-0.4, -0.2) is 35.2 Å². The van der Waals surface area contributed by atoms with Crippen LogP contribution < -0.4 is 15.5 Å². The Kier molecular flexibility index (Phi) is 5.71. The molecular formula is C18H25N5O. The summed E-state index contributed by atoms with van der Waals surface area (Å²) in [5.41, 5.74) is 2.42. The summed E-state index contributed by atoms with van der Waals surface area (Å²) in [7, 11) is 0. The molecule has 128 valence electrons. The SMILES string of the molecule is O=C(NCCn1ccnc1)NCc1ccccc1N1CCCCC1. The van der Waals surface area contributed by atoms with Gasteiger partial charge in [-0.25, -0.2) is 9.78 Å². The highest BCUT2D eigenvalue weighted by molar-refractivity contribution is 5.74. The summed E-state index contributed by atoms with van der Waals surface area (Å²) < 4.78 is 1.94. The van der Waals surface area contributed by atoms with E-state index in [2.05, 4.69) is 38.7 Å². The molecule has 1 aromatic heterocycles. The van der Waals surface area contributed by atoms with Crippen molar-refractivity contribution in [1.29, 1.82) is 0 Å². The third-order valence-corrected chi connectivity index (χ3v) is 4.34. The number of nitrogens with zero attached hydrogens (tertiary/aromatic N) is 3. The van der Waals surface area contributed by atoms with E-state index in [9.17, 15) is 4.79 Å². The average Bonchev–Trinajstić information content (AvgIpc) is 3.14. The van der Waals surface area contributed by atoms with Gasteiger partial charge in [-0.15, -0.1) is 0 Å². The largest absolute Gasteiger partial charge is 0.371 e. The summed E-state index contributed by atoms with van der Waals surface area (Å²) in [5, 5.41) is 5.83. The zero-order valence-corrected chi connectivity index (χ0v) is 13.9. The number of imidazole rings is 1. The molecule has 0 bridgehead atoms. The first kappa shape index (κ1) is 16.4. The maximum atomic E-state index is 12.0. The van der Waals surface area contributed by atoms with E-state index < -0.39 is 0 Å². The molecule has 1 aromatic carbocycles. The third-order valence-electron chi connectivity index (χ3n) is 4.34. The van der Waals surface area contributed by atoms with Gasteiger partial charge in [0.25, 0.3) is 0 Å². The molecule has 0 spiro atoms. The maximum Gasteiger partial charge on any atom is 0.315 e. The smallest absolute Gasteiger partial charge is 0.315 e. The Labute approximate surface area is 142 Å². The van der Waals surface area contributed by atoms with Gasteiger partial charge in [0, 0.05) is 50.8 Å². The van der Waals surface area contributed by atoms with Crippen LogP contribution in [0.3, 0.4) is 0 Å². The van der Waals surface area contributed by atoms with Gasteiger partial charge in [-0.3, -0.25) is 0 Å². The highest BCUT2D eigenvalue weighted by Gasteiger charge is 2.14. The van der Waals surface area contributed by atoms with Crippen LogP contribution in [0, 0.1) is 0 Å².